The molecule has 0 radical (unpaired) electrons. The smallest absolute Gasteiger partial charge is 0.410 e. The Morgan fingerprint density at radius 3 is 2.87 bits per heavy atom. The molecule has 1 heterocycles. The summed E-state index contributed by atoms with van der Waals surface area (Å²) in [5.74, 6) is 0.458. The summed E-state index contributed by atoms with van der Waals surface area (Å²) < 4.78 is 5.43. The molecule has 1 aliphatic rings. The van der Waals surface area contributed by atoms with E-state index in [1.165, 1.54) is 0 Å². The standard InChI is InChI=1S/C18H28N2O3/c1-2-19(11-12-21)13-17-9-6-10-20(14-17)18(22)23-15-16-7-4-3-5-8-16/h3-5,7-8,17,21H,2,6,9-15H2,1H3/t17-/m1/s1. The van der Waals surface area contributed by atoms with E-state index in [2.05, 4.69) is 11.8 Å². The van der Waals surface area contributed by atoms with Crippen LogP contribution < -0.4 is 0 Å². The summed E-state index contributed by atoms with van der Waals surface area (Å²) in [4.78, 5) is 16.3. The first kappa shape index (κ1) is 17.8. The molecule has 128 valence electrons. The van der Waals surface area contributed by atoms with Gasteiger partial charge in [0.05, 0.1) is 6.61 Å². The number of likely N-dealkylation sites (tertiary alicyclic amines) is 1. The quantitative estimate of drug-likeness (QED) is 0.838. The van der Waals surface area contributed by atoms with Crippen molar-refractivity contribution < 1.29 is 14.6 Å². The SMILES string of the molecule is CCN(CCO)C[C@H]1CCCN(C(=O)OCc2ccccc2)C1. The van der Waals surface area contributed by atoms with E-state index in [9.17, 15) is 4.79 Å². The summed E-state index contributed by atoms with van der Waals surface area (Å²) in [6.45, 7) is 6.69. The van der Waals surface area contributed by atoms with Crippen LogP contribution in [0, 0.1) is 5.92 Å². The fraction of sp³-hybridized carbons (Fsp3) is 0.611. The van der Waals surface area contributed by atoms with Crippen molar-refractivity contribution in [2.45, 2.75) is 26.4 Å². The largest absolute Gasteiger partial charge is 0.445 e. The van der Waals surface area contributed by atoms with Crippen molar-refractivity contribution >= 4 is 6.09 Å². The van der Waals surface area contributed by atoms with Crippen LogP contribution in [0.25, 0.3) is 0 Å². The number of ether oxygens (including phenoxy) is 1. The van der Waals surface area contributed by atoms with E-state index in [-0.39, 0.29) is 12.7 Å². The second-order valence-electron chi connectivity index (χ2n) is 6.11. The molecule has 1 amide bonds. The second-order valence-corrected chi connectivity index (χ2v) is 6.11. The first-order valence-electron chi connectivity index (χ1n) is 8.51. The number of nitrogens with zero attached hydrogens (tertiary/aromatic N) is 2. The molecule has 1 fully saturated rings. The van der Waals surface area contributed by atoms with E-state index in [0.717, 1.165) is 44.6 Å². The van der Waals surface area contributed by atoms with Gasteiger partial charge >= 0.3 is 6.09 Å². The maximum Gasteiger partial charge on any atom is 0.410 e. The first-order chi connectivity index (χ1) is 11.2. The first-order valence-corrected chi connectivity index (χ1v) is 8.51. The number of piperidine rings is 1. The van der Waals surface area contributed by atoms with Crippen molar-refractivity contribution in [1.82, 2.24) is 9.80 Å². The lowest BCUT2D eigenvalue weighted by Gasteiger charge is -2.34. The van der Waals surface area contributed by atoms with Gasteiger partial charge in [0.2, 0.25) is 0 Å². The third-order valence-corrected chi connectivity index (χ3v) is 4.36. The summed E-state index contributed by atoms with van der Waals surface area (Å²) in [5, 5.41) is 9.09. The predicted molar refractivity (Wildman–Crippen MR) is 90.1 cm³/mol. The summed E-state index contributed by atoms with van der Waals surface area (Å²) in [6, 6.07) is 9.76. The van der Waals surface area contributed by atoms with Gasteiger partial charge < -0.3 is 19.6 Å². The van der Waals surface area contributed by atoms with Gasteiger partial charge in [-0.2, -0.15) is 0 Å². The molecule has 1 aromatic rings. The Morgan fingerprint density at radius 2 is 2.17 bits per heavy atom. The molecule has 0 aliphatic carbocycles. The van der Waals surface area contributed by atoms with E-state index in [1.54, 1.807) is 0 Å². The van der Waals surface area contributed by atoms with Gasteiger partial charge in [0.1, 0.15) is 6.61 Å². The molecule has 1 atom stereocenters. The van der Waals surface area contributed by atoms with Crippen LogP contribution in [0.3, 0.4) is 0 Å². The molecule has 23 heavy (non-hydrogen) atoms. The molecule has 1 aliphatic heterocycles. The summed E-state index contributed by atoms with van der Waals surface area (Å²) in [5.41, 5.74) is 1.01. The average molecular weight is 320 g/mol. The fourth-order valence-corrected chi connectivity index (χ4v) is 3.08. The number of amides is 1. The number of aliphatic hydroxyl groups is 1. The molecule has 1 N–H and O–H groups in total. The average Bonchev–Trinajstić information content (AvgIpc) is 2.60. The number of likely N-dealkylation sites (N-methyl/N-ethyl adjacent to an activating group) is 1. The van der Waals surface area contributed by atoms with Gasteiger partial charge in [-0.25, -0.2) is 4.79 Å². The van der Waals surface area contributed by atoms with E-state index in [0.29, 0.717) is 19.1 Å². The van der Waals surface area contributed by atoms with E-state index < -0.39 is 0 Å². The lowest BCUT2D eigenvalue weighted by Crippen LogP contribution is -2.44. The van der Waals surface area contributed by atoms with Crippen molar-refractivity contribution in [3.8, 4) is 0 Å². The number of benzene rings is 1. The van der Waals surface area contributed by atoms with Gasteiger partial charge in [-0.15, -0.1) is 0 Å². The minimum atomic E-state index is -0.219. The Labute approximate surface area is 138 Å². The minimum absolute atomic E-state index is 0.184. The molecule has 2 rings (SSSR count). The highest BCUT2D eigenvalue weighted by atomic mass is 16.6. The molecule has 0 spiro atoms. The summed E-state index contributed by atoms with van der Waals surface area (Å²) >= 11 is 0. The lowest BCUT2D eigenvalue weighted by atomic mass is 9.97. The van der Waals surface area contributed by atoms with Gasteiger partial charge in [0.15, 0.2) is 0 Å². The van der Waals surface area contributed by atoms with Crippen LogP contribution in [0.1, 0.15) is 25.3 Å². The van der Waals surface area contributed by atoms with Crippen LogP contribution in [0.5, 0.6) is 0 Å². The Hall–Kier alpha value is -1.59. The molecule has 0 unspecified atom stereocenters. The Kier molecular flexibility index (Phi) is 7.36. The Bertz CT molecular complexity index is 467. The minimum Gasteiger partial charge on any atom is -0.445 e. The van der Waals surface area contributed by atoms with Crippen LogP contribution in [-0.4, -0.2) is 60.3 Å². The second kappa shape index (κ2) is 9.53. The molecule has 0 bridgehead atoms. The van der Waals surface area contributed by atoms with Crippen LogP contribution in [0.4, 0.5) is 4.79 Å². The molecule has 1 aromatic carbocycles. The summed E-state index contributed by atoms with van der Waals surface area (Å²) in [7, 11) is 0. The highest BCUT2D eigenvalue weighted by Gasteiger charge is 2.25. The van der Waals surface area contributed by atoms with Crippen molar-refractivity contribution in [3.63, 3.8) is 0 Å². The van der Waals surface area contributed by atoms with Crippen LogP contribution in [-0.2, 0) is 11.3 Å². The number of rotatable bonds is 7. The highest BCUT2D eigenvalue weighted by Crippen LogP contribution is 2.18. The molecule has 1 saturated heterocycles. The molecule has 0 aromatic heterocycles. The van der Waals surface area contributed by atoms with Gasteiger partial charge in [-0.3, -0.25) is 0 Å². The molecule has 0 saturated carbocycles. The lowest BCUT2D eigenvalue weighted by molar-refractivity contribution is 0.0709. The zero-order valence-electron chi connectivity index (χ0n) is 14.0. The Balaban J connectivity index is 1.79. The van der Waals surface area contributed by atoms with Gasteiger partial charge in [0, 0.05) is 26.2 Å². The van der Waals surface area contributed by atoms with Crippen molar-refractivity contribution in [2.75, 3.05) is 39.3 Å². The molecule has 5 heteroatoms. The highest BCUT2D eigenvalue weighted by molar-refractivity contribution is 5.67. The van der Waals surface area contributed by atoms with Crippen LogP contribution in [0.15, 0.2) is 30.3 Å². The van der Waals surface area contributed by atoms with Crippen LogP contribution >= 0.6 is 0 Å². The normalized spacial score (nSPS) is 18.2. The maximum atomic E-state index is 12.2. The van der Waals surface area contributed by atoms with E-state index in [1.807, 2.05) is 35.2 Å². The number of hydrogen-bond donors (Lipinski definition) is 1. The monoisotopic (exact) mass is 320 g/mol. The maximum absolute atomic E-state index is 12.2. The van der Waals surface area contributed by atoms with Crippen molar-refractivity contribution in [2.24, 2.45) is 5.92 Å². The zero-order valence-corrected chi connectivity index (χ0v) is 14.0. The van der Waals surface area contributed by atoms with Crippen molar-refractivity contribution in [3.05, 3.63) is 35.9 Å². The Morgan fingerprint density at radius 1 is 1.39 bits per heavy atom. The molecular weight excluding hydrogens is 292 g/mol. The van der Waals surface area contributed by atoms with Crippen LogP contribution in [0.2, 0.25) is 0 Å². The molecule has 5 nitrogen and oxygen atoms in total. The van der Waals surface area contributed by atoms with Crippen molar-refractivity contribution in [1.29, 1.82) is 0 Å². The van der Waals surface area contributed by atoms with Gasteiger partial charge in [-0.1, -0.05) is 37.3 Å². The number of aliphatic hydroxyl groups excluding tert-OH is 1. The summed E-state index contributed by atoms with van der Waals surface area (Å²) in [6.07, 6.45) is 1.93. The van der Waals surface area contributed by atoms with E-state index in [4.69, 9.17) is 9.84 Å². The third kappa shape index (κ3) is 5.84. The third-order valence-electron chi connectivity index (χ3n) is 4.36. The topological polar surface area (TPSA) is 53.0 Å². The predicted octanol–water partition coefficient (Wildman–Crippen LogP) is 2.35. The van der Waals surface area contributed by atoms with E-state index >= 15 is 0 Å². The van der Waals surface area contributed by atoms with Gasteiger partial charge in [-0.05, 0) is 30.9 Å². The van der Waals surface area contributed by atoms with Gasteiger partial charge in [0.25, 0.3) is 0 Å². The number of hydrogen-bond acceptors (Lipinski definition) is 4. The molecular formula is C18H28N2O3. The fourth-order valence-electron chi connectivity index (χ4n) is 3.08. The zero-order chi connectivity index (χ0) is 16.5. The number of carbonyl (C=O) groups is 1. The number of carbonyl (C=O) groups excluding carboxylic acids is 1.